The zero-order chi connectivity index (χ0) is 15.1. The number of aryl methyl sites for hydroxylation is 1. The maximum Gasteiger partial charge on any atom is 0.225 e. The van der Waals surface area contributed by atoms with Crippen LogP contribution in [0.15, 0.2) is 18.2 Å². The van der Waals surface area contributed by atoms with Crippen LogP contribution in [0.25, 0.3) is 0 Å². The van der Waals surface area contributed by atoms with E-state index in [-0.39, 0.29) is 17.9 Å². The van der Waals surface area contributed by atoms with Crippen LogP contribution in [0.4, 0.5) is 11.4 Å². The number of carbonyl (C=O) groups is 2. The van der Waals surface area contributed by atoms with Crippen molar-refractivity contribution >= 4 is 23.2 Å². The van der Waals surface area contributed by atoms with E-state index in [4.69, 9.17) is 0 Å². The Balaban J connectivity index is 2.70. The number of hydrogen-bond donors (Lipinski definition) is 3. The van der Waals surface area contributed by atoms with Gasteiger partial charge < -0.3 is 16.0 Å². The van der Waals surface area contributed by atoms with Crippen LogP contribution in [0.1, 0.15) is 32.8 Å². The first-order valence-electron chi connectivity index (χ1n) is 6.83. The third-order valence-corrected chi connectivity index (χ3v) is 2.88. The molecule has 2 amide bonds. The number of nitrogens with one attached hydrogen (secondary N) is 3. The van der Waals surface area contributed by atoms with E-state index in [2.05, 4.69) is 16.0 Å². The number of rotatable bonds is 6. The van der Waals surface area contributed by atoms with Gasteiger partial charge in [-0.3, -0.25) is 9.59 Å². The Morgan fingerprint density at radius 2 is 1.95 bits per heavy atom. The van der Waals surface area contributed by atoms with Gasteiger partial charge in [-0.25, -0.2) is 0 Å². The molecule has 1 atom stereocenters. The molecule has 0 saturated carbocycles. The Hall–Kier alpha value is -1.88. The van der Waals surface area contributed by atoms with Crippen LogP contribution in [0, 0.1) is 6.92 Å². The average molecular weight is 277 g/mol. The molecule has 0 spiro atoms. The molecule has 110 valence electrons. The fraction of sp³-hybridized carbons (Fsp3) is 0.467. The summed E-state index contributed by atoms with van der Waals surface area (Å²) in [4.78, 5) is 23.0. The summed E-state index contributed by atoms with van der Waals surface area (Å²) in [7, 11) is 0. The van der Waals surface area contributed by atoms with Gasteiger partial charge in [0, 0.05) is 30.8 Å². The van der Waals surface area contributed by atoms with Gasteiger partial charge in [0.1, 0.15) is 0 Å². The lowest BCUT2D eigenvalue weighted by Gasteiger charge is -2.14. The molecule has 1 rings (SSSR count). The van der Waals surface area contributed by atoms with Gasteiger partial charge in [0.15, 0.2) is 0 Å². The summed E-state index contributed by atoms with van der Waals surface area (Å²) in [6, 6.07) is 5.59. The standard InChI is InChI=1S/C15H23N3O2/c1-5-16-11(3)8-15(20)18-14-9-13(17-12(4)19)7-6-10(14)2/h6-7,9,11,16H,5,8H2,1-4H3,(H,17,19)(H,18,20). The summed E-state index contributed by atoms with van der Waals surface area (Å²) in [6.45, 7) is 8.20. The molecule has 0 aliphatic carbocycles. The highest BCUT2D eigenvalue weighted by molar-refractivity contribution is 5.94. The first-order chi connectivity index (χ1) is 9.42. The van der Waals surface area contributed by atoms with Crippen molar-refractivity contribution in [2.24, 2.45) is 0 Å². The Labute approximate surface area is 120 Å². The zero-order valence-electron chi connectivity index (χ0n) is 12.5. The van der Waals surface area contributed by atoms with Gasteiger partial charge in [-0.1, -0.05) is 13.0 Å². The summed E-state index contributed by atoms with van der Waals surface area (Å²) < 4.78 is 0. The molecule has 0 saturated heterocycles. The van der Waals surface area contributed by atoms with Gasteiger partial charge in [0.05, 0.1) is 0 Å². The summed E-state index contributed by atoms with van der Waals surface area (Å²) in [5.74, 6) is -0.173. The second-order valence-electron chi connectivity index (χ2n) is 4.92. The summed E-state index contributed by atoms with van der Waals surface area (Å²) in [6.07, 6.45) is 0.414. The molecule has 0 aromatic heterocycles. The molecule has 0 bridgehead atoms. The minimum absolute atomic E-state index is 0.0403. The monoisotopic (exact) mass is 277 g/mol. The normalized spacial score (nSPS) is 11.8. The number of amides is 2. The molecule has 5 nitrogen and oxygen atoms in total. The highest BCUT2D eigenvalue weighted by Crippen LogP contribution is 2.20. The molecule has 5 heteroatoms. The Morgan fingerprint density at radius 3 is 2.55 bits per heavy atom. The molecule has 0 aliphatic rings. The third-order valence-electron chi connectivity index (χ3n) is 2.88. The van der Waals surface area contributed by atoms with E-state index >= 15 is 0 Å². The predicted octanol–water partition coefficient (Wildman–Crippen LogP) is 2.28. The molecular weight excluding hydrogens is 254 g/mol. The van der Waals surface area contributed by atoms with Gasteiger partial charge in [-0.05, 0) is 38.1 Å². The van der Waals surface area contributed by atoms with Crippen molar-refractivity contribution in [2.45, 2.75) is 40.2 Å². The fourth-order valence-electron chi connectivity index (χ4n) is 1.94. The third kappa shape index (κ3) is 5.40. The molecule has 20 heavy (non-hydrogen) atoms. The van der Waals surface area contributed by atoms with Crippen molar-refractivity contribution < 1.29 is 9.59 Å². The molecule has 0 fully saturated rings. The van der Waals surface area contributed by atoms with Crippen molar-refractivity contribution in [2.75, 3.05) is 17.2 Å². The largest absolute Gasteiger partial charge is 0.326 e. The van der Waals surface area contributed by atoms with E-state index in [1.165, 1.54) is 6.92 Å². The zero-order valence-corrected chi connectivity index (χ0v) is 12.5. The smallest absolute Gasteiger partial charge is 0.225 e. The van der Waals surface area contributed by atoms with Crippen LogP contribution in [0.3, 0.4) is 0 Å². The van der Waals surface area contributed by atoms with Crippen LogP contribution in [0.5, 0.6) is 0 Å². The SMILES string of the molecule is CCNC(C)CC(=O)Nc1cc(NC(C)=O)ccc1C. The van der Waals surface area contributed by atoms with Crippen molar-refractivity contribution in [3.63, 3.8) is 0 Å². The lowest BCUT2D eigenvalue weighted by molar-refractivity contribution is -0.116. The van der Waals surface area contributed by atoms with E-state index in [1.807, 2.05) is 32.9 Å². The van der Waals surface area contributed by atoms with Gasteiger partial charge >= 0.3 is 0 Å². The average Bonchev–Trinajstić information content (AvgIpc) is 2.32. The number of carbonyl (C=O) groups excluding carboxylic acids is 2. The van der Waals surface area contributed by atoms with Crippen LogP contribution >= 0.6 is 0 Å². The van der Waals surface area contributed by atoms with Gasteiger partial charge in [-0.2, -0.15) is 0 Å². The molecule has 3 N–H and O–H groups in total. The maximum atomic E-state index is 11.9. The van der Waals surface area contributed by atoms with Crippen molar-refractivity contribution in [3.05, 3.63) is 23.8 Å². The first-order valence-corrected chi connectivity index (χ1v) is 6.83. The highest BCUT2D eigenvalue weighted by atomic mass is 16.2. The summed E-state index contributed by atoms with van der Waals surface area (Å²) >= 11 is 0. The quantitative estimate of drug-likeness (QED) is 0.747. The van der Waals surface area contributed by atoms with Crippen LogP contribution in [0.2, 0.25) is 0 Å². The molecule has 1 aromatic rings. The topological polar surface area (TPSA) is 70.2 Å². The lowest BCUT2D eigenvalue weighted by Crippen LogP contribution is -2.30. The molecule has 0 heterocycles. The predicted molar refractivity (Wildman–Crippen MR) is 81.9 cm³/mol. The lowest BCUT2D eigenvalue weighted by atomic mass is 10.1. The molecule has 1 aromatic carbocycles. The highest BCUT2D eigenvalue weighted by Gasteiger charge is 2.10. The Morgan fingerprint density at radius 1 is 1.25 bits per heavy atom. The van der Waals surface area contributed by atoms with E-state index in [0.717, 1.165) is 17.8 Å². The number of anilines is 2. The van der Waals surface area contributed by atoms with Crippen molar-refractivity contribution in [1.29, 1.82) is 0 Å². The van der Waals surface area contributed by atoms with Crippen LogP contribution < -0.4 is 16.0 Å². The van der Waals surface area contributed by atoms with E-state index < -0.39 is 0 Å². The van der Waals surface area contributed by atoms with Gasteiger partial charge in [-0.15, -0.1) is 0 Å². The Bertz CT molecular complexity index is 486. The number of hydrogen-bond acceptors (Lipinski definition) is 3. The molecule has 0 radical (unpaired) electrons. The second-order valence-corrected chi connectivity index (χ2v) is 4.92. The van der Waals surface area contributed by atoms with Gasteiger partial charge in [0.2, 0.25) is 11.8 Å². The second kappa shape index (κ2) is 7.65. The molecular formula is C15H23N3O2. The molecule has 0 aliphatic heterocycles. The van der Waals surface area contributed by atoms with Crippen molar-refractivity contribution in [3.8, 4) is 0 Å². The van der Waals surface area contributed by atoms with E-state index in [0.29, 0.717) is 12.1 Å². The van der Waals surface area contributed by atoms with Crippen molar-refractivity contribution in [1.82, 2.24) is 5.32 Å². The van der Waals surface area contributed by atoms with Crippen LogP contribution in [-0.2, 0) is 9.59 Å². The minimum Gasteiger partial charge on any atom is -0.326 e. The Kier molecular flexibility index (Phi) is 6.18. The summed E-state index contributed by atoms with van der Waals surface area (Å²) in [5, 5.41) is 8.78. The number of benzene rings is 1. The van der Waals surface area contributed by atoms with Crippen LogP contribution in [-0.4, -0.2) is 24.4 Å². The minimum atomic E-state index is -0.133. The van der Waals surface area contributed by atoms with Gasteiger partial charge in [0.25, 0.3) is 0 Å². The fourth-order valence-corrected chi connectivity index (χ4v) is 1.94. The summed E-state index contributed by atoms with van der Waals surface area (Å²) in [5.41, 5.74) is 2.37. The molecule has 1 unspecified atom stereocenters. The first kappa shape index (κ1) is 16.2. The van der Waals surface area contributed by atoms with E-state index in [1.54, 1.807) is 6.07 Å². The maximum absolute atomic E-state index is 11.9. The van der Waals surface area contributed by atoms with E-state index in [9.17, 15) is 9.59 Å².